The first-order chi connectivity index (χ1) is 17.7. The van der Waals surface area contributed by atoms with E-state index in [9.17, 15) is 9.59 Å². The predicted molar refractivity (Wildman–Crippen MR) is 149 cm³/mol. The molecule has 1 atom stereocenters. The molecule has 1 aliphatic rings. The molecule has 1 aliphatic heterocycles. The largest absolute Gasteiger partial charge is 0.398 e. The minimum atomic E-state index is -1.63. The number of H-pyrrole nitrogens is 1. The lowest BCUT2D eigenvalue weighted by molar-refractivity contribution is -0.114. The lowest BCUT2D eigenvalue weighted by Crippen LogP contribution is -2.47. The predicted octanol–water partition coefficient (Wildman–Crippen LogP) is 4.11. The number of hydrogen-bond acceptors (Lipinski definition) is 4. The van der Waals surface area contributed by atoms with Crippen LogP contribution in [-0.4, -0.2) is 32.1 Å². The Bertz CT molecular complexity index is 1450. The zero-order valence-corrected chi connectivity index (χ0v) is 22.3. The van der Waals surface area contributed by atoms with Crippen molar-refractivity contribution in [3.05, 3.63) is 89.6 Å². The second kappa shape index (κ2) is 9.80. The van der Waals surface area contributed by atoms with Gasteiger partial charge in [-0.15, -0.1) is 0 Å². The van der Waals surface area contributed by atoms with E-state index in [4.69, 9.17) is 4.43 Å². The van der Waals surface area contributed by atoms with Crippen LogP contribution in [-0.2, 0) is 9.22 Å². The van der Waals surface area contributed by atoms with E-state index in [0.29, 0.717) is 11.3 Å². The van der Waals surface area contributed by atoms with Crippen LogP contribution in [0.3, 0.4) is 0 Å². The molecule has 3 aromatic carbocycles. The van der Waals surface area contributed by atoms with Crippen molar-refractivity contribution < 1.29 is 14.0 Å². The van der Waals surface area contributed by atoms with E-state index in [2.05, 4.69) is 65.9 Å². The first kappa shape index (κ1) is 24.7. The average molecular weight is 510 g/mol. The topological polar surface area (TPSA) is 95.6 Å². The minimum Gasteiger partial charge on any atom is -0.398 e. The van der Waals surface area contributed by atoms with Crippen molar-refractivity contribution in [3.8, 4) is 0 Å². The van der Waals surface area contributed by atoms with Crippen LogP contribution < -0.4 is 21.1 Å². The standard InChI is InChI=1S/C29H29N4O3Si/c1-18(34)31-19-15-22-25-23(17-30-33-28(22)35)26(32-24(25)16-19)27(29(2,3)4)36-37(20-11-7-5-8-12-20)21-13-9-6-10-14-21/h5-17,27,32H,1-4H3,(H,31,34)(H,33,35). The molecule has 0 bridgehead atoms. The fraction of sp³-hybridized carbons (Fsp3) is 0.207. The van der Waals surface area contributed by atoms with Crippen LogP contribution >= 0.6 is 0 Å². The Kier molecular flexibility index (Phi) is 6.53. The summed E-state index contributed by atoms with van der Waals surface area (Å²) in [4.78, 5) is 28.2. The number of nitrogens with one attached hydrogen (secondary N) is 3. The molecule has 3 N–H and O–H groups in total. The number of benzene rings is 3. The molecule has 0 aliphatic carbocycles. The number of anilines is 1. The van der Waals surface area contributed by atoms with Gasteiger partial charge < -0.3 is 14.7 Å². The SMILES string of the molecule is CC(=O)Nc1cc2c3c(c(C(O[Si](c4ccccc4)c4ccccc4)C(C)(C)C)[nH]c3c1)C=NNC2=O. The average Bonchev–Trinajstić information content (AvgIpc) is 3.12. The number of amides is 2. The van der Waals surface area contributed by atoms with E-state index in [1.54, 1.807) is 12.3 Å². The Labute approximate surface area is 217 Å². The Morgan fingerprint density at radius 3 is 2.19 bits per heavy atom. The molecule has 0 fully saturated rings. The number of rotatable bonds is 6. The molecule has 2 amide bonds. The lowest BCUT2D eigenvalue weighted by atomic mass is 9.86. The second-order valence-electron chi connectivity index (χ2n) is 10.2. The minimum absolute atomic E-state index is 0.210. The van der Waals surface area contributed by atoms with Gasteiger partial charge in [0, 0.05) is 29.1 Å². The molecule has 1 radical (unpaired) electrons. The number of carbonyl (C=O) groups excluding carboxylic acids is 2. The highest BCUT2D eigenvalue weighted by molar-refractivity contribution is 6.80. The maximum Gasteiger partial charge on any atom is 0.283 e. The molecule has 7 nitrogen and oxygen atoms in total. The molecular formula is C29H29N4O3Si. The monoisotopic (exact) mass is 509 g/mol. The van der Waals surface area contributed by atoms with Crippen LogP contribution in [0, 0.1) is 5.41 Å². The Morgan fingerprint density at radius 1 is 1.00 bits per heavy atom. The second-order valence-corrected chi connectivity index (χ2v) is 12.3. The molecule has 5 rings (SSSR count). The van der Waals surface area contributed by atoms with Crippen LogP contribution in [0.1, 0.15) is 55.4 Å². The van der Waals surface area contributed by atoms with Crippen LogP contribution in [0.5, 0.6) is 0 Å². The summed E-state index contributed by atoms with van der Waals surface area (Å²) in [6, 6.07) is 24.2. The molecule has 4 aromatic rings. The van der Waals surface area contributed by atoms with Gasteiger partial charge in [-0.2, -0.15) is 5.10 Å². The van der Waals surface area contributed by atoms with Crippen molar-refractivity contribution in [2.24, 2.45) is 10.5 Å². The first-order valence-electron chi connectivity index (χ1n) is 12.2. The van der Waals surface area contributed by atoms with Crippen molar-refractivity contribution in [2.75, 3.05) is 5.32 Å². The Balaban J connectivity index is 1.69. The Morgan fingerprint density at radius 2 is 1.62 bits per heavy atom. The van der Waals surface area contributed by atoms with Crippen LogP contribution in [0.25, 0.3) is 10.9 Å². The van der Waals surface area contributed by atoms with E-state index in [0.717, 1.165) is 32.5 Å². The van der Waals surface area contributed by atoms with Gasteiger partial charge in [0.1, 0.15) is 0 Å². The summed E-state index contributed by atoms with van der Waals surface area (Å²) >= 11 is 0. The summed E-state index contributed by atoms with van der Waals surface area (Å²) in [5, 5.41) is 10.0. The van der Waals surface area contributed by atoms with Crippen molar-refractivity contribution in [1.29, 1.82) is 0 Å². The Hall–Kier alpha value is -4.01. The third-order valence-electron chi connectivity index (χ3n) is 6.25. The highest BCUT2D eigenvalue weighted by Crippen LogP contribution is 2.41. The van der Waals surface area contributed by atoms with Crippen molar-refractivity contribution in [3.63, 3.8) is 0 Å². The number of nitrogens with zero attached hydrogens (tertiary/aromatic N) is 1. The van der Waals surface area contributed by atoms with E-state index < -0.39 is 9.04 Å². The van der Waals surface area contributed by atoms with Crippen molar-refractivity contribution in [2.45, 2.75) is 33.8 Å². The zero-order valence-electron chi connectivity index (χ0n) is 21.3. The quantitative estimate of drug-likeness (QED) is 0.341. The summed E-state index contributed by atoms with van der Waals surface area (Å²) in [6.07, 6.45) is 1.33. The van der Waals surface area contributed by atoms with Gasteiger partial charge in [0.2, 0.25) is 5.91 Å². The summed E-state index contributed by atoms with van der Waals surface area (Å²) in [6.45, 7) is 7.88. The number of aromatic nitrogens is 1. The first-order valence-corrected chi connectivity index (χ1v) is 13.6. The van der Waals surface area contributed by atoms with Crippen LogP contribution in [0.15, 0.2) is 77.9 Å². The molecular weight excluding hydrogens is 480 g/mol. The van der Waals surface area contributed by atoms with Crippen molar-refractivity contribution in [1.82, 2.24) is 10.4 Å². The van der Waals surface area contributed by atoms with E-state index in [1.807, 2.05) is 42.5 Å². The van der Waals surface area contributed by atoms with Crippen LogP contribution in [0.2, 0.25) is 0 Å². The summed E-state index contributed by atoms with van der Waals surface area (Å²) in [5.41, 5.74) is 5.66. The van der Waals surface area contributed by atoms with Gasteiger partial charge in [0.15, 0.2) is 0 Å². The smallest absolute Gasteiger partial charge is 0.283 e. The fourth-order valence-corrected chi connectivity index (χ4v) is 6.96. The maximum absolute atomic E-state index is 12.9. The normalized spacial score (nSPS) is 13.9. The van der Waals surface area contributed by atoms with Gasteiger partial charge in [0.25, 0.3) is 14.9 Å². The number of hydrogen-bond donors (Lipinski definition) is 3. The summed E-state index contributed by atoms with van der Waals surface area (Å²) in [5.74, 6) is -0.540. The molecule has 0 saturated heterocycles. The third-order valence-corrected chi connectivity index (χ3v) is 8.44. The van der Waals surface area contributed by atoms with Gasteiger partial charge in [0.05, 0.1) is 23.6 Å². The summed E-state index contributed by atoms with van der Waals surface area (Å²) < 4.78 is 7.11. The molecule has 1 aromatic heterocycles. The zero-order chi connectivity index (χ0) is 26.2. The number of aromatic amines is 1. The fourth-order valence-electron chi connectivity index (χ4n) is 4.66. The van der Waals surface area contributed by atoms with Gasteiger partial charge in [-0.25, -0.2) is 5.43 Å². The van der Waals surface area contributed by atoms with Gasteiger partial charge in [-0.1, -0.05) is 81.4 Å². The molecule has 0 saturated carbocycles. The number of carbonyl (C=O) groups is 2. The molecule has 1 unspecified atom stereocenters. The molecule has 0 spiro atoms. The van der Waals surface area contributed by atoms with E-state index in [1.165, 1.54) is 6.92 Å². The third kappa shape index (κ3) is 4.98. The maximum atomic E-state index is 12.9. The van der Waals surface area contributed by atoms with Gasteiger partial charge in [-0.05, 0) is 27.9 Å². The van der Waals surface area contributed by atoms with Crippen LogP contribution in [0.4, 0.5) is 5.69 Å². The van der Waals surface area contributed by atoms with Gasteiger partial charge in [-0.3, -0.25) is 9.59 Å². The van der Waals surface area contributed by atoms with E-state index >= 15 is 0 Å². The molecule has 8 heteroatoms. The molecule has 187 valence electrons. The molecule has 2 heterocycles. The lowest BCUT2D eigenvalue weighted by Gasteiger charge is -2.34. The van der Waals surface area contributed by atoms with E-state index in [-0.39, 0.29) is 23.3 Å². The van der Waals surface area contributed by atoms with Crippen molar-refractivity contribution >= 4 is 54.0 Å². The highest BCUT2D eigenvalue weighted by Gasteiger charge is 2.36. The van der Waals surface area contributed by atoms with Gasteiger partial charge >= 0.3 is 0 Å². The highest BCUT2D eigenvalue weighted by atomic mass is 28.3. The number of hydrazone groups is 1. The summed E-state index contributed by atoms with van der Waals surface area (Å²) in [7, 11) is -1.63. The molecule has 37 heavy (non-hydrogen) atoms.